The minimum Gasteiger partial charge on any atom is -0.336 e. The summed E-state index contributed by atoms with van der Waals surface area (Å²) in [4.78, 5) is 10.9. The van der Waals surface area contributed by atoms with Crippen LogP contribution in [0.2, 0.25) is 5.02 Å². The largest absolute Gasteiger partial charge is 0.336 e. The van der Waals surface area contributed by atoms with E-state index < -0.39 is 0 Å². The molecule has 2 N–H and O–H groups in total. The van der Waals surface area contributed by atoms with Gasteiger partial charge in [-0.1, -0.05) is 23.7 Å². The van der Waals surface area contributed by atoms with Gasteiger partial charge in [-0.2, -0.15) is 0 Å². The highest BCUT2D eigenvalue weighted by Crippen LogP contribution is 2.17. The third-order valence-corrected chi connectivity index (χ3v) is 2.19. The molecule has 1 saturated heterocycles. The van der Waals surface area contributed by atoms with Crippen LogP contribution in [0, 0.1) is 0 Å². The molecule has 1 amide bonds. The van der Waals surface area contributed by atoms with E-state index in [1.54, 1.807) is 0 Å². The zero-order valence-corrected chi connectivity index (χ0v) is 7.64. The molecule has 68 valence electrons. The summed E-state index contributed by atoms with van der Waals surface area (Å²) in [5.41, 5.74) is 0.985. The number of hydrogen-bond donors (Lipinski definition) is 2. The van der Waals surface area contributed by atoms with Crippen LogP contribution in [0.25, 0.3) is 0 Å². The molecule has 1 heterocycles. The number of benzene rings is 1. The van der Waals surface area contributed by atoms with Crippen LogP contribution >= 0.6 is 11.6 Å². The Morgan fingerprint density at radius 1 is 1.46 bits per heavy atom. The quantitative estimate of drug-likeness (QED) is 0.705. The maximum atomic E-state index is 10.9. The molecule has 0 saturated carbocycles. The zero-order chi connectivity index (χ0) is 9.26. The average molecular weight is 197 g/mol. The number of carbonyl (C=O) groups excluding carboxylic acids is 1. The predicted octanol–water partition coefficient (Wildman–Crippen LogP) is 1.06. The number of nitrogens with one attached hydrogen (secondary N) is 2. The van der Waals surface area contributed by atoms with Gasteiger partial charge < -0.3 is 5.32 Å². The van der Waals surface area contributed by atoms with Gasteiger partial charge in [0.25, 0.3) is 0 Å². The van der Waals surface area contributed by atoms with Crippen molar-refractivity contribution in [1.82, 2.24) is 10.6 Å². The number of hydrogen-bond acceptors (Lipinski definition) is 2. The normalized spacial score (nSPS) is 21.6. The lowest BCUT2D eigenvalue weighted by Crippen LogP contribution is -2.22. The molecule has 0 aliphatic carbocycles. The van der Waals surface area contributed by atoms with E-state index in [1.807, 2.05) is 24.3 Å². The Bertz CT molecular complexity index is 340. The molecule has 13 heavy (non-hydrogen) atoms. The van der Waals surface area contributed by atoms with E-state index in [-0.39, 0.29) is 12.1 Å². The van der Waals surface area contributed by atoms with Gasteiger partial charge in [0.15, 0.2) is 0 Å². The third kappa shape index (κ3) is 1.82. The van der Waals surface area contributed by atoms with Crippen LogP contribution in [-0.4, -0.2) is 12.5 Å². The summed E-state index contributed by atoms with van der Waals surface area (Å²) in [6.45, 7) is 0.372. The minimum absolute atomic E-state index is 0.0185. The van der Waals surface area contributed by atoms with Crippen molar-refractivity contribution in [3.8, 4) is 0 Å². The van der Waals surface area contributed by atoms with E-state index in [2.05, 4.69) is 10.6 Å². The van der Waals surface area contributed by atoms with Gasteiger partial charge in [0.05, 0.1) is 6.54 Å². The Morgan fingerprint density at radius 2 is 2.31 bits per heavy atom. The molecule has 0 bridgehead atoms. The molecule has 1 fully saturated rings. The van der Waals surface area contributed by atoms with Crippen LogP contribution in [0.1, 0.15) is 11.7 Å². The van der Waals surface area contributed by atoms with Gasteiger partial charge >= 0.3 is 0 Å². The number of rotatable bonds is 1. The molecular weight excluding hydrogens is 188 g/mol. The zero-order valence-electron chi connectivity index (χ0n) is 6.88. The standard InChI is InChI=1S/C9H9ClN2O/c10-7-3-1-2-6(4-7)9-11-5-8(13)12-9/h1-4,9,11H,5H2,(H,12,13). The fourth-order valence-electron chi connectivity index (χ4n) is 1.35. The van der Waals surface area contributed by atoms with Crippen molar-refractivity contribution >= 4 is 17.5 Å². The molecule has 1 unspecified atom stereocenters. The van der Waals surface area contributed by atoms with Crippen molar-refractivity contribution in [3.05, 3.63) is 34.9 Å². The van der Waals surface area contributed by atoms with Crippen molar-refractivity contribution < 1.29 is 4.79 Å². The molecule has 1 aliphatic heterocycles. The summed E-state index contributed by atoms with van der Waals surface area (Å²) < 4.78 is 0. The van der Waals surface area contributed by atoms with Gasteiger partial charge in [0.2, 0.25) is 5.91 Å². The highest BCUT2D eigenvalue weighted by atomic mass is 35.5. The molecule has 1 atom stereocenters. The third-order valence-electron chi connectivity index (χ3n) is 1.95. The van der Waals surface area contributed by atoms with Crippen LogP contribution in [0.5, 0.6) is 0 Å². The van der Waals surface area contributed by atoms with Gasteiger partial charge in [-0.05, 0) is 17.7 Å². The van der Waals surface area contributed by atoms with Crippen molar-refractivity contribution in [1.29, 1.82) is 0 Å². The maximum absolute atomic E-state index is 10.9. The topological polar surface area (TPSA) is 41.1 Å². The van der Waals surface area contributed by atoms with E-state index in [0.717, 1.165) is 5.56 Å². The Labute approximate surface area is 81.1 Å². The molecule has 0 radical (unpaired) electrons. The Kier molecular flexibility index (Phi) is 2.20. The molecule has 1 aromatic carbocycles. The molecule has 0 spiro atoms. The van der Waals surface area contributed by atoms with Gasteiger partial charge in [-0.25, -0.2) is 0 Å². The van der Waals surface area contributed by atoms with Gasteiger partial charge in [0, 0.05) is 5.02 Å². The first-order chi connectivity index (χ1) is 6.25. The number of halogens is 1. The fourth-order valence-corrected chi connectivity index (χ4v) is 1.54. The molecule has 0 aromatic heterocycles. The van der Waals surface area contributed by atoms with E-state index in [4.69, 9.17) is 11.6 Å². The predicted molar refractivity (Wildman–Crippen MR) is 50.3 cm³/mol. The van der Waals surface area contributed by atoms with Crippen molar-refractivity contribution in [2.45, 2.75) is 6.17 Å². The lowest BCUT2D eigenvalue weighted by molar-refractivity contribution is -0.118. The maximum Gasteiger partial charge on any atom is 0.235 e. The summed E-state index contributed by atoms with van der Waals surface area (Å²) in [5.74, 6) is 0.0185. The second-order valence-electron chi connectivity index (χ2n) is 2.94. The first-order valence-corrected chi connectivity index (χ1v) is 4.42. The molecule has 1 aliphatic rings. The first-order valence-electron chi connectivity index (χ1n) is 4.04. The Balaban J connectivity index is 2.21. The summed E-state index contributed by atoms with van der Waals surface area (Å²) in [6.07, 6.45) is -0.0915. The fraction of sp³-hybridized carbons (Fsp3) is 0.222. The average Bonchev–Trinajstić information content (AvgIpc) is 2.52. The van der Waals surface area contributed by atoms with Crippen LogP contribution in [0.4, 0.5) is 0 Å². The van der Waals surface area contributed by atoms with Gasteiger partial charge in [-0.3, -0.25) is 10.1 Å². The van der Waals surface area contributed by atoms with Crippen LogP contribution < -0.4 is 10.6 Å². The lowest BCUT2D eigenvalue weighted by Gasteiger charge is -2.10. The highest BCUT2D eigenvalue weighted by molar-refractivity contribution is 6.30. The van der Waals surface area contributed by atoms with Crippen molar-refractivity contribution in [2.75, 3.05) is 6.54 Å². The van der Waals surface area contributed by atoms with Crippen molar-refractivity contribution in [3.63, 3.8) is 0 Å². The first kappa shape index (κ1) is 8.53. The smallest absolute Gasteiger partial charge is 0.235 e. The molecule has 4 heteroatoms. The SMILES string of the molecule is O=C1CNC(c2cccc(Cl)c2)N1. The van der Waals surface area contributed by atoms with E-state index >= 15 is 0 Å². The summed E-state index contributed by atoms with van der Waals surface area (Å²) in [5, 5.41) is 6.50. The van der Waals surface area contributed by atoms with Gasteiger partial charge in [0.1, 0.15) is 6.17 Å². The van der Waals surface area contributed by atoms with Crippen LogP contribution in [-0.2, 0) is 4.79 Å². The van der Waals surface area contributed by atoms with Crippen molar-refractivity contribution in [2.24, 2.45) is 0 Å². The molecule has 2 rings (SSSR count). The number of amides is 1. The Hall–Kier alpha value is -1.06. The van der Waals surface area contributed by atoms with E-state index in [9.17, 15) is 4.79 Å². The monoisotopic (exact) mass is 196 g/mol. The molecule has 3 nitrogen and oxygen atoms in total. The van der Waals surface area contributed by atoms with E-state index in [1.165, 1.54) is 0 Å². The minimum atomic E-state index is -0.0915. The second-order valence-corrected chi connectivity index (χ2v) is 3.37. The van der Waals surface area contributed by atoms with E-state index in [0.29, 0.717) is 11.6 Å². The summed E-state index contributed by atoms with van der Waals surface area (Å²) in [6, 6.07) is 7.44. The highest BCUT2D eigenvalue weighted by Gasteiger charge is 2.20. The lowest BCUT2D eigenvalue weighted by atomic mass is 10.2. The molecule has 1 aromatic rings. The number of carbonyl (C=O) groups is 1. The van der Waals surface area contributed by atoms with Gasteiger partial charge in [-0.15, -0.1) is 0 Å². The second kappa shape index (κ2) is 3.36. The Morgan fingerprint density at radius 3 is 2.92 bits per heavy atom. The summed E-state index contributed by atoms with van der Waals surface area (Å²) >= 11 is 5.82. The molecular formula is C9H9ClN2O. The summed E-state index contributed by atoms with van der Waals surface area (Å²) in [7, 11) is 0. The van der Waals surface area contributed by atoms with Crippen LogP contribution in [0.3, 0.4) is 0 Å². The van der Waals surface area contributed by atoms with Crippen LogP contribution in [0.15, 0.2) is 24.3 Å².